The van der Waals surface area contributed by atoms with Crippen LogP contribution in [-0.2, 0) is 15.8 Å². The van der Waals surface area contributed by atoms with Crippen molar-refractivity contribution in [2.75, 3.05) is 16.8 Å². The molecule has 0 aliphatic carbocycles. The van der Waals surface area contributed by atoms with Crippen molar-refractivity contribution in [2.24, 2.45) is 0 Å². The van der Waals surface area contributed by atoms with Crippen LogP contribution in [0.4, 0.5) is 24.8 Å². The van der Waals surface area contributed by atoms with Crippen molar-refractivity contribution in [3.63, 3.8) is 0 Å². The number of benzene rings is 2. The maximum Gasteiger partial charge on any atom is 0.416 e. The number of amides is 2. The molecule has 0 saturated carbocycles. The zero-order valence-electron chi connectivity index (χ0n) is 16.8. The number of halogens is 3. The highest BCUT2D eigenvalue weighted by Crippen LogP contribution is 2.37. The van der Waals surface area contributed by atoms with E-state index in [9.17, 15) is 22.8 Å². The van der Waals surface area contributed by atoms with Gasteiger partial charge in [0, 0.05) is 12.2 Å². The van der Waals surface area contributed by atoms with Crippen LogP contribution in [0.5, 0.6) is 0 Å². The minimum absolute atomic E-state index is 0.0313. The van der Waals surface area contributed by atoms with Crippen LogP contribution in [-0.4, -0.2) is 27.9 Å². The van der Waals surface area contributed by atoms with Gasteiger partial charge in [0.2, 0.25) is 11.9 Å². The number of imidazole rings is 1. The van der Waals surface area contributed by atoms with E-state index in [1.54, 1.807) is 9.47 Å². The quantitative estimate of drug-likeness (QED) is 0.613. The molecule has 1 atom stereocenters. The van der Waals surface area contributed by atoms with Gasteiger partial charge in [-0.05, 0) is 36.8 Å². The van der Waals surface area contributed by atoms with Gasteiger partial charge in [-0.25, -0.2) is 4.98 Å². The number of nitrogens with one attached hydrogen (secondary N) is 1. The lowest BCUT2D eigenvalue weighted by molar-refractivity contribution is -0.137. The highest BCUT2D eigenvalue weighted by molar-refractivity contribution is 6.05. The first kappa shape index (κ1) is 20.9. The van der Waals surface area contributed by atoms with Crippen LogP contribution < -0.4 is 10.2 Å². The van der Waals surface area contributed by atoms with Gasteiger partial charge in [-0.2, -0.15) is 13.2 Å². The number of unbranched alkanes of at least 4 members (excludes halogenated alkanes) is 1. The molecule has 1 aromatic heterocycles. The molecule has 9 heteroatoms. The largest absolute Gasteiger partial charge is 0.416 e. The van der Waals surface area contributed by atoms with E-state index < -0.39 is 23.7 Å². The number of hydrogen-bond donors (Lipinski definition) is 1. The summed E-state index contributed by atoms with van der Waals surface area (Å²) in [5.74, 6) is -0.281. The summed E-state index contributed by atoms with van der Waals surface area (Å²) in [6.45, 7) is 2.51. The van der Waals surface area contributed by atoms with E-state index in [2.05, 4.69) is 10.3 Å². The fourth-order valence-electron chi connectivity index (χ4n) is 3.78. The first-order valence-corrected chi connectivity index (χ1v) is 10.0. The molecular formula is C22H21F3N4O2. The van der Waals surface area contributed by atoms with Crippen LogP contribution in [0.25, 0.3) is 11.0 Å². The van der Waals surface area contributed by atoms with Crippen molar-refractivity contribution < 1.29 is 22.8 Å². The molecule has 1 unspecified atom stereocenters. The number of nitrogens with zero attached hydrogens (tertiary/aromatic N) is 3. The Morgan fingerprint density at radius 3 is 2.68 bits per heavy atom. The van der Waals surface area contributed by atoms with Crippen LogP contribution in [0.2, 0.25) is 0 Å². The van der Waals surface area contributed by atoms with Crippen molar-refractivity contribution in [1.29, 1.82) is 0 Å². The van der Waals surface area contributed by atoms with E-state index in [0.717, 1.165) is 36.0 Å². The Labute approximate surface area is 176 Å². The van der Waals surface area contributed by atoms with Crippen LogP contribution >= 0.6 is 0 Å². The van der Waals surface area contributed by atoms with E-state index in [4.69, 9.17) is 0 Å². The number of rotatable bonds is 6. The Hall–Kier alpha value is -3.36. The molecule has 3 aromatic rings. The molecule has 2 heterocycles. The minimum atomic E-state index is -4.51. The summed E-state index contributed by atoms with van der Waals surface area (Å²) >= 11 is 0. The summed E-state index contributed by atoms with van der Waals surface area (Å²) in [5.41, 5.74) is 0.635. The van der Waals surface area contributed by atoms with Crippen molar-refractivity contribution in [1.82, 2.24) is 9.55 Å². The van der Waals surface area contributed by atoms with Crippen molar-refractivity contribution in [2.45, 2.75) is 38.4 Å². The number of anilines is 2. The van der Waals surface area contributed by atoms with Gasteiger partial charge >= 0.3 is 6.18 Å². The fraction of sp³-hybridized carbons (Fsp3) is 0.318. The second-order valence-electron chi connectivity index (χ2n) is 7.46. The van der Waals surface area contributed by atoms with Crippen LogP contribution in [0.15, 0.2) is 48.5 Å². The Morgan fingerprint density at radius 2 is 1.94 bits per heavy atom. The number of aromatic nitrogens is 2. The molecule has 1 aliphatic rings. The highest BCUT2D eigenvalue weighted by atomic mass is 19.4. The van der Waals surface area contributed by atoms with Crippen molar-refractivity contribution >= 4 is 34.5 Å². The lowest BCUT2D eigenvalue weighted by Gasteiger charge is -2.16. The standard InChI is InChI=1S/C22H21F3N4O2/c1-2-3-11-28-20(31)18(29-17-10-5-4-9-16(17)27-21(28)29)13-19(30)26-15-8-6-7-14(12-15)22(23,24)25/h4-10,12,18H,2-3,11,13H2,1H3,(H,26,30). The Kier molecular flexibility index (Phi) is 5.43. The smallest absolute Gasteiger partial charge is 0.326 e. The van der Waals surface area contributed by atoms with Gasteiger partial charge in [-0.1, -0.05) is 31.5 Å². The number of carbonyl (C=O) groups is 2. The maximum atomic E-state index is 13.1. The number of carbonyl (C=O) groups excluding carboxylic acids is 2. The van der Waals surface area contributed by atoms with Crippen molar-refractivity contribution in [3.8, 4) is 0 Å². The summed E-state index contributed by atoms with van der Waals surface area (Å²) in [4.78, 5) is 31.9. The molecule has 6 nitrogen and oxygen atoms in total. The highest BCUT2D eigenvalue weighted by Gasteiger charge is 2.40. The monoisotopic (exact) mass is 430 g/mol. The second kappa shape index (κ2) is 8.05. The lowest BCUT2D eigenvalue weighted by atomic mass is 10.1. The molecule has 2 aromatic carbocycles. The second-order valence-corrected chi connectivity index (χ2v) is 7.46. The third-order valence-electron chi connectivity index (χ3n) is 5.27. The number of hydrogen-bond acceptors (Lipinski definition) is 3. The number of para-hydroxylation sites is 2. The van der Waals surface area contributed by atoms with Gasteiger partial charge in [0.25, 0.3) is 5.91 Å². The molecule has 0 bridgehead atoms. The van der Waals surface area contributed by atoms with Gasteiger partial charge in [0.15, 0.2) is 0 Å². The Morgan fingerprint density at radius 1 is 1.16 bits per heavy atom. The average Bonchev–Trinajstić information content (AvgIpc) is 3.21. The van der Waals surface area contributed by atoms with Gasteiger partial charge in [0.1, 0.15) is 6.04 Å². The molecule has 0 radical (unpaired) electrons. The van der Waals surface area contributed by atoms with E-state index in [-0.39, 0.29) is 18.0 Å². The predicted molar refractivity (Wildman–Crippen MR) is 111 cm³/mol. The topological polar surface area (TPSA) is 67.2 Å². The zero-order valence-corrected chi connectivity index (χ0v) is 16.8. The van der Waals surface area contributed by atoms with Crippen LogP contribution in [0, 0.1) is 0 Å². The predicted octanol–water partition coefficient (Wildman–Crippen LogP) is 4.77. The minimum Gasteiger partial charge on any atom is -0.326 e. The summed E-state index contributed by atoms with van der Waals surface area (Å²) in [6, 6.07) is 11.0. The zero-order chi connectivity index (χ0) is 22.2. The first-order chi connectivity index (χ1) is 14.8. The third-order valence-corrected chi connectivity index (χ3v) is 5.27. The molecule has 1 aliphatic heterocycles. The van der Waals surface area contributed by atoms with E-state index in [1.165, 1.54) is 12.1 Å². The summed E-state index contributed by atoms with van der Waals surface area (Å²) < 4.78 is 40.6. The molecule has 0 spiro atoms. The SMILES string of the molecule is CCCCN1C(=O)C(CC(=O)Nc2cccc(C(F)(F)F)c2)n2c1nc1ccccc12. The Balaban J connectivity index is 1.60. The number of fused-ring (bicyclic) bond motifs is 3. The normalized spacial score (nSPS) is 16.1. The van der Waals surface area contributed by atoms with E-state index in [1.807, 2.05) is 31.2 Å². The molecular weight excluding hydrogens is 409 g/mol. The lowest BCUT2D eigenvalue weighted by Crippen LogP contribution is -2.32. The molecule has 4 rings (SSSR count). The molecule has 0 fully saturated rings. The van der Waals surface area contributed by atoms with Crippen molar-refractivity contribution in [3.05, 3.63) is 54.1 Å². The summed E-state index contributed by atoms with van der Waals surface area (Å²) in [5, 5.41) is 2.49. The summed E-state index contributed by atoms with van der Waals surface area (Å²) in [7, 11) is 0. The van der Waals surface area contributed by atoms with Gasteiger partial charge in [0.05, 0.1) is 23.0 Å². The summed E-state index contributed by atoms with van der Waals surface area (Å²) in [6.07, 6.45) is -3.03. The third kappa shape index (κ3) is 3.99. The van der Waals surface area contributed by atoms with Gasteiger partial charge in [-0.3, -0.25) is 19.1 Å². The maximum absolute atomic E-state index is 13.1. The first-order valence-electron chi connectivity index (χ1n) is 10.0. The van der Waals surface area contributed by atoms with E-state index in [0.29, 0.717) is 12.5 Å². The molecule has 2 amide bonds. The van der Waals surface area contributed by atoms with Crippen LogP contribution in [0.3, 0.4) is 0 Å². The van der Waals surface area contributed by atoms with Gasteiger partial charge in [-0.15, -0.1) is 0 Å². The van der Waals surface area contributed by atoms with Crippen LogP contribution in [0.1, 0.15) is 37.8 Å². The molecule has 0 saturated heterocycles. The number of alkyl halides is 3. The molecule has 162 valence electrons. The Bertz CT molecular complexity index is 1140. The molecule has 1 N–H and O–H groups in total. The fourth-order valence-corrected chi connectivity index (χ4v) is 3.78. The van der Waals surface area contributed by atoms with Gasteiger partial charge < -0.3 is 5.32 Å². The van der Waals surface area contributed by atoms with E-state index >= 15 is 0 Å². The molecule has 31 heavy (non-hydrogen) atoms. The average molecular weight is 430 g/mol.